The molecule has 0 spiro atoms. The monoisotopic (exact) mass is 253 g/mol. The summed E-state index contributed by atoms with van der Waals surface area (Å²) in [5, 5.41) is 3.28. The van der Waals surface area contributed by atoms with Gasteiger partial charge in [0.25, 0.3) is 0 Å². The molecule has 1 unspecified atom stereocenters. The van der Waals surface area contributed by atoms with E-state index in [1.807, 2.05) is 0 Å². The van der Waals surface area contributed by atoms with Crippen LogP contribution in [0.1, 0.15) is 36.1 Å². The average Bonchev–Trinajstić information content (AvgIpc) is 2.98. The Morgan fingerprint density at radius 2 is 2.39 bits per heavy atom. The normalized spacial score (nSPS) is 23.2. The highest BCUT2D eigenvalue weighted by molar-refractivity contribution is 5.86. The average molecular weight is 253 g/mol. The standard InChI is InChI=1S/C13H19NO4/c1-13(6-3-7-17-13)9-14-8-10-4-5-11(18-10)12(15)16-2/h4-5,14H,3,6-9H2,1-2H3. The van der Waals surface area contributed by atoms with Crippen LogP contribution in [0, 0.1) is 0 Å². The van der Waals surface area contributed by atoms with Crippen molar-refractivity contribution < 1.29 is 18.7 Å². The van der Waals surface area contributed by atoms with E-state index in [0.29, 0.717) is 6.54 Å². The minimum Gasteiger partial charge on any atom is -0.463 e. The summed E-state index contributed by atoms with van der Waals surface area (Å²) >= 11 is 0. The number of carbonyl (C=O) groups excluding carboxylic acids is 1. The van der Waals surface area contributed by atoms with Gasteiger partial charge < -0.3 is 19.2 Å². The molecule has 0 aliphatic carbocycles. The zero-order chi connectivity index (χ0) is 13.0. The van der Waals surface area contributed by atoms with E-state index in [4.69, 9.17) is 9.15 Å². The molecule has 0 amide bonds. The lowest BCUT2D eigenvalue weighted by molar-refractivity contribution is 0.0203. The molecule has 0 aromatic carbocycles. The van der Waals surface area contributed by atoms with Crippen molar-refractivity contribution in [3.63, 3.8) is 0 Å². The van der Waals surface area contributed by atoms with Gasteiger partial charge in [-0.1, -0.05) is 0 Å². The maximum atomic E-state index is 11.2. The third kappa shape index (κ3) is 3.11. The molecular weight excluding hydrogens is 234 g/mol. The molecule has 1 atom stereocenters. The van der Waals surface area contributed by atoms with Gasteiger partial charge in [-0.2, -0.15) is 0 Å². The van der Waals surface area contributed by atoms with Gasteiger partial charge in [-0.05, 0) is 31.9 Å². The van der Waals surface area contributed by atoms with Crippen LogP contribution in [0.3, 0.4) is 0 Å². The molecular formula is C13H19NO4. The highest BCUT2D eigenvalue weighted by Gasteiger charge is 2.29. The first kappa shape index (κ1) is 13.1. The number of furan rings is 1. The van der Waals surface area contributed by atoms with E-state index in [1.54, 1.807) is 12.1 Å². The Labute approximate surface area is 106 Å². The van der Waals surface area contributed by atoms with Gasteiger partial charge in [0.15, 0.2) is 0 Å². The predicted molar refractivity (Wildman–Crippen MR) is 65.3 cm³/mol. The van der Waals surface area contributed by atoms with Gasteiger partial charge in [-0.3, -0.25) is 0 Å². The largest absolute Gasteiger partial charge is 0.463 e. The van der Waals surface area contributed by atoms with Crippen LogP contribution in [0.2, 0.25) is 0 Å². The number of nitrogens with one attached hydrogen (secondary N) is 1. The number of hydrogen-bond acceptors (Lipinski definition) is 5. The number of esters is 1. The summed E-state index contributed by atoms with van der Waals surface area (Å²) in [4.78, 5) is 11.2. The van der Waals surface area contributed by atoms with Crippen LogP contribution in [0.5, 0.6) is 0 Å². The molecule has 1 N–H and O–H groups in total. The van der Waals surface area contributed by atoms with Crippen molar-refractivity contribution in [3.8, 4) is 0 Å². The van der Waals surface area contributed by atoms with Crippen LogP contribution in [-0.4, -0.2) is 31.8 Å². The lowest BCUT2D eigenvalue weighted by atomic mass is 10.0. The van der Waals surface area contributed by atoms with Crippen molar-refractivity contribution in [2.24, 2.45) is 0 Å². The molecule has 0 radical (unpaired) electrons. The zero-order valence-corrected chi connectivity index (χ0v) is 10.8. The topological polar surface area (TPSA) is 60.7 Å². The van der Waals surface area contributed by atoms with Crippen LogP contribution < -0.4 is 5.32 Å². The number of rotatable bonds is 5. The summed E-state index contributed by atoms with van der Waals surface area (Å²) in [6.45, 7) is 4.30. The van der Waals surface area contributed by atoms with Gasteiger partial charge in [-0.15, -0.1) is 0 Å². The van der Waals surface area contributed by atoms with Crippen molar-refractivity contribution in [1.29, 1.82) is 0 Å². The van der Waals surface area contributed by atoms with Crippen LogP contribution in [0.25, 0.3) is 0 Å². The Hall–Kier alpha value is -1.33. The van der Waals surface area contributed by atoms with Gasteiger partial charge in [0, 0.05) is 13.2 Å². The number of carbonyl (C=O) groups is 1. The molecule has 18 heavy (non-hydrogen) atoms. The van der Waals surface area contributed by atoms with Gasteiger partial charge in [0.2, 0.25) is 5.76 Å². The molecule has 1 fully saturated rings. The lowest BCUT2D eigenvalue weighted by Crippen LogP contribution is -2.36. The van der Waals surface area contributed by atoms with Crippen LogP contribution in [-0.2, 0) is 16.0 Å². The molecule has 1 aliphatic heterocycles. The lowest BCUT2D eigenvalue weighted by Gasteiger charge is -2.23. The molecule has 0 bridgehead atoms. The van der Waals surface area contributed by atoms with Crippen molar-refractivity contribution in [2.45, 2.75) is 31.9 Å². The molecule has 1 aromatic heterocycles. The second-order valence-electron chi connectivity index (χ2n) is 4.76. The van der Waals surface area contributed by atoms with E-state index in [-0.39, 0.29) is 11.4 Å². The summed E-state index contributed by atoms with van der Waals surface area (Å²) < 4.78 is 15.6. The fourth-order valence-corrected chi connectivity index (χ4v) is 2.11. The summed E-state index contributed by atoms with van der Waals surface area (Å²) in [6, 6.07) is 3.40. The third-order valence-corrected chi connectivity index (χ3v) is 3.15. The molecule has 2 heterocycles. The highest BCUT2D eigenvalue weighted by atomic mass is 16.5. The Bertz CT molecular complexity index is 407. The Balaban J connectivity index is 1.80. The smallest absolute Gasteiger partial charge is 0.373 e. The summed E-state index contributed by atoms with van der Waals surface area (Å²) in [6.07, 6.45) is 2.19. The third-order valence-electron chi connectivity index (χ3n) is 3.15. The Morgan fingerprint density at radius 3 is 3.06 bits per heavy atom. The zero-order valence-electron chi connectivity index (χ0n) is 10.8. The van der Waals surface area contributed by atoms with Crippen molar-refractivity contribution >= 4 is 5.97 Å². The van der Waals surface area contributed by atoms with E-state index >= 15 is 0 Å². The molecule has 1 saturated heterocycles. The highest BCUT2D eigenvalue weighted by Crippen LogP contribution is 2.24. The van der Waals surface area contributed by atoms with E-state index in [0.717, 1.165) is 31.8 Å². The van der Waals surface area contributed by atoms with Crippen molar-refractivity contribution in [1.82, 2.24) is 5.32 Å². The first-order valence-corrected chi connectivity index (χ1v) is 6.15. The maximum absolute atomic E-state index is 11.2. The summed E-state index contributed by atoms with van der Waals surface area (Å²) in [7, 11) is 1.33. The van der Waals surface area contributed by atoms with Gasteiger partial charge in [-0.25, -0.2) is 4.79 Å². The first-order valence-electron chi connectivity index (χ1n) is 6.15. The maximum Gasteiger partial charge on any atom is 0.373 e. The van der Waals surface area contributed by atoms with Crippen molar-refractivity contribution in [2.75, 3.05) is 20.3 Å². The fraction of sp³-hybridized carbons (Fsp3) is 0.615. The fourth-order valence-electron chi connectivity index (χ4n) is 2.11. The molecule has 5 nitrogen and oxygen atoms in total. The van der Waals surface area contributed by atoms with E-state index in [9.17, 15) is 4.79 Å². The molecule has 2 rings (SSSR count). The predicted octanol–water partition coefficient (Wildman–Crippen LogP) is 1.72. The molecule has 1 aliphatic rings. The minimum absolute atomic E-state index is 0.0717. The number of methoxy groups -OCH3 is 1. The van der Waals surface area contributed by atoms with Crippen molar-refractivity contribution in [3.05, 3.63) is 23.7 Å². The second-order valence-corrected chi connectivity index (χ2v) is 4.76. The second kappa shape index (κ2) is 5.54. The Kier molecular flexibility index (Phi) is 4.04. The molecule has 100 valence electrons. The SMILES string of the molecule is COC(=O)c1ccc(CNCC2(C)CCCO2)o1. The van der Waals surface area contributed by atoms with Gasteiger partial charge in [0.05, 0.1) is 19.3 Å². The van der Waals surface area contributed by atoms with E-state index in [2.05, 4.69) is 17.0 Å². The van der Waals surface area contributed by atoms with Gasteiger partial charge in [0.1, 0.15) is 5.76 Å². The quantitative estimate of drug-likeness (QED) is 0.810. The minimum atomic E-state index is -0.452. The van der Waals surface area contributed by atoms with Crippen LogP contribution >= 0.6 is 0 Å². The molecule has 5 heteroatoms. The Morgan fingerprint density at radius 1 is 1.56 bits per heavy atom. The summed E-state index contributed by atoms with van der Waals surface area (Å²) in [5.74, 6) is 0.502. The van der Waals surface area contributed by atoms with Crippen LogP contribution in [0.4, 0.5) is 0 Å². The van der Waals surface area contributed by atoms with E-state index < -0.39 is 5.97 Å². The molecule has 1 aromatic rings. The first-order chi connectivity index (χ1) is 8.63. The number of hydrogen-bond donors (Lipinski definition) is 1. The molecule has 0 saturated carbocycles. The van der Waals surface area contributed by atoms with Crippen LogP contribution in [0.15, 0.2) is 16.5 Å². The van der Waals surface area contributed by atoms with Gasteiger partial charge >= 0.3 is 5.97 Å². The number of ether oxygens (including phenoxy) is 2. The summed E-state index contributed by atoms with van der Waals surface area (Å²) in [5.41, 5.74) is -0.0717. The van der Waals surface area contributed by atoms with E-state index in [1.165, 1.54) is 7.11 Å².